The first-order valence-corrected chi connectivity index (χ1v) is 8.17. The van der Waals surface area contributed by atoms with Crippen LogP contribution in [0.15, 0.2) is 43.0 Å². The highest BCUT2D eigenvalue weighted by atomic mass is 16.2. The lowest BCUT2D eigenvalue weighted by Crippen LogP contribution is -2.41. The number of hydrogen-bond donors (Lipinski definition) is 1. The average Bonchev–Trinajstić information content (AvgIpc) is 3.09. The molecule has 0 spiro atoms. The van der Waals surface area contributed by atoms with Crippen molar-refractivity contribution < 1.29 is 9.59 Å². The van der Waals surface area contributed by atoms with Gasteiger partial charge in [0, 0.05) is 51.4 Å². The van der Waals surface area contributed by atoms with E-state index in [4.69, 9.17) is 0 Å². The van der Waals surface area contributed by atoms with Crippen molar-refractivity contribution >= 4 is 11.8 Å². The predicted molar refractivity (Wildman–Crippen MR) is 90.0 cm³/mol. The number of imidazole rings is 1. The lowest BCUT2D eigenvalue weighted by molar-refractivity contribution is -0.139. The molecule has 24 heavy (non-hydrogen) atoms. The maximum Gasteiger partial charge on any atom is 0.223 e. The van der Waals surface area contributed by atoms with Gasteiger partial charge in [-0.3, -0.25) is 9.59 Å². The molecule has 0 saturated carbocycles. The third-order valence-electron chi connectivity index (χ3n) is 4.44. The molecule has 2 amide bonds. The molecule has 1 aromatic carbocycles. The minimum Gasteiger partial charge on any atom is -0.352 e. The van der Waals surface area contributed by atoms with E-state index in [9.17, 15) is 9.59 Å². The molecule has 6 heteroatoms. The van der Waals surface area contributed by atoms with Crippen LogP contribution in [-0.4, -0.2) is 39.9 Å². The Balaban J connectivity index is 1.49. The zero-order valence-corrected chi connectivity index (χ0v) is 13.8. The molecule has 1 saturated heterocycles. The highest BCUT2D eigenvalue weighted by Crippen LogP contribution is 2.17. The molecule has 1 fully saturated rings. The summed E-state index contributed by atoms with van der Waals surface area (Å²) in [4.78, 5) is 29.6. The summed E-state index contributed by atoms with van der Waals surface area (Å²) in [5.74, 6) is -0.182. The second-order valence-corrected chi connectivity index (χ2v) is 6.27. The molecule has 1 aliphatic rings. The smallest absolute Gasteiger partial charge is 0.223 e. The van der Waals surface area contributed by atoms with Crippen molar-refractivity contribution in [3.63, 3.8) is 0 Å². The Morgan fingerprint density at radius 1 is 1.29 bits per heavy atom. The molecule has 1 aliphatic heterocycles. The normalized spacial score (nSPS) is 17.8. The topological polar surface area (TPSA) is 67.2 Å². The standard InChI is InChI=1S/C18H22N4O2/c1-21-8-6-16(10-17(21)23)18(24)20-11-14-2-4-15(5-3-14)12-22-9-7-19-13-22/h2-5,7,9,13,16H,6,8,10-12H2,1H3,(H,20,24)/t16-/m1/s1. The molecule has 0 bridgehead atoms. The van der Waals surface area contributed by atoms with Crippen LogP contribution in [0.2, 0.25) is 0 Å². The van der Waals surface area contributed by atoms with Gasteiger partial charge in [-0.05, 0) is 17.5 Å². The molecule has 2 aromatic rings. The van der Waals surface area contributed by atoms with Gasteiger partial charge in [-0.2, -0.15) is 0 Å². The number of likely N-dealkylation sites (tertiary alicyclic amines) is 1. The van der Waals surface area contributed by atoms with Gasteiger partial charge >= 0.3 is 0 Å². The molecule has 0 unspecified atom stereocenters. The van der Waals surface area contributed by atoms with E-state index >= 15 is 0 Å². The average molecular weight is 326 g/mol. The lowest BCUT2D eigenvalue weighted by Gasteiger charge is -2.27. The van der Waals surface area contributed by atoms with Gasteiger partial charge in [0.1, 0.15) is 0 Å². The molecular weight excluding hydrogens is 304 g/mol. The summed E-state index contributed by atoms with van der Waals surface area (Å²) in [6.45, 7) is 1.93. The Hall–Kier alpha value is -2.63. The number of nitrogens with zero attached hydrogens (tertiary/aromatic N) is 3. The van der Waals surface area contributed by atoms with Crippen molar-refractivity contribution in [1.29, 1.82) is 0 Å². The number of piperidine rings is 1. The molecule has 0 radical (unpaired) electrons. The number of benzene rings is 1. The van der Waals surface area contributed by atoms with Crippen molar-refractivity contribution in [2.75, 3.05) is 13.6 Å². The molecule has 2 heterocycles. The molecule has 3 rings (SSSR count). The number of carbonyl (C=O) groups excluding carboxylic acids is 2. The molecule has 0 aliphatic carbocycles. The van der Waals surface area contributed by atoms with Crippen molar-refractivity contribution in [2.45, 2.75) is 25.9 Å². The second kappa shape index (κ2) is 7.29. The van der Waals surface area contributed by atoms with Crippen molar-refractivity contribution in [1.82, 2.24) is 19.8 Å². The lowest BCUT2D eigenvalue weighted by atomic mass is 9.95. The van der Waals surface area contributed by atoms with E-state index in [1.54, 1.807) is 24.5 Å². The van der Waals surface area contributed by atoms with E-state index in [-0.39, 0.29) is 17.7 Å². The highest BCUT2D eigenvalue weighted by Gasteiger charge is 2.28. The van der Waals surface area contributed by atoms with E-state index in [1.165, 1.54) is 5.56 Å². The quantitative estimate of drug-likeness (QED) is 0.903. The van der Waals surface area contributed by atoms with E-state index in [0.29, 0.717) is 19.5 Å². The fraction of sp³-hybridized carbons (Fsp3) is 0.389. The van der Waals surface area contributed by atoms with Crippen LogP contribution in [0.4, 0.5) is 0 Å². The number of nitrogens with one attached hydrogen (secondary N) is 1. The number of rotatable bonds is 5. The van der Waals surface area contributed by atoms with Crippen LogP contribution < -0.4 is 5.32 Å². The molecule has 126 valence electrons. The van der Waals surface area contributed by atoms with E-state index in [0.717, 1.165) is 18.5 Å². The van der Waals surface area contributed by atoms with Gasteiger partial charge in [0.2, 0.25) is 11.8 Å². The number of amides is 2. The number of aromatic nitrogens is 2. The Morgan fingerprint density at radius 2 is 2.04 bits per heavy atom. The molecule has 6 nitrogen and oxygen atoms in total. The van der Waals surface area contributed by atoms with Crippen LogP contribution in [0.1, 0.15) is 24.0 Å². The van der Waals surface area contributed by atoms with E-state index < -0.39 is 0 Å². The van der Waals surface area contributed by atoms with Crippen LogP contribution >= 0.6 is 0 Å². The summed E-state index contributed by atoms with van der Waals surface area (Å²) >= 11 is 0. The Morgan fingerprint density at radius 3 is 2.71 bits per heavy atom. The van der Waals surface area contributed by atoms with Crippen LogP contribution in [-0.2, 0) is 22.7 Å². The largest absolute Gasteiger partial charge is 0.352 e. The Bertz CT molecular complexity index is 694. The SMILES string of the molecule is CN1CC[C@@H](C(=O)NCc2ccc(Cn3ccnc3)cc2)CC1=O. The second-order valence-electron chi connectivity index (χ2n) is 6.27. The Kier molecular flexibility index (Phi) is 4.93. The minimum absolute atomic E-state index is 0.0288. The third kappa shape index (κ3) is 4.01. The molecule has 1 atom stereocenters. The third-order valence-corrected chi connectivity index (χ3v) is 4.44. The van der Waals surface area contributed by atoms with Gasteiger partial charge in [-0.25, -0.2) is 4.98 Å². The Labute approximate surface area is 141 Å². The van der Waals surface area contributed by atoms with Crippen molar-refractivity contribution in [3.05, 3.63) is 54.1 Å². The molecule has 1 aromatic heterocycles. The van der Waals surface area contributed by atoms with Gasteiger partial charge in [0.15, 0.2) is 0 Å². The molecule has 1 N–H and O–H groups in total. The van der Waals surface area contributed by atoms with Gasteiger partial charge in [-0.15, -0.1) is 0 Å². The van der Waals surface area contributed by atoms with E-state index in [1.807, 2.05) is 22.9 Å². The fourth-order valence-electron chi connectivity index (χ4n) is 2.85. The number of carbonyl (C=O) groups is 2. The zero-order chi connectivity index (χ0) is 16.9. The van der Waals surface area contributed by atoms with Gasteiger partial charge in [0.05, 0.1) is 6.33 Å². The fourth-order valence-corrected chi connectivity index (χ4v) is 2.85. The highest BCUT2D eigenvalue weighted by molar-refractivity contribution is 5.86. The minimum atomic E-state index is -0.200. The summed E-state index contributed by atoms with van der Waals surface area (Å²) in [5.41, 5.74) is 2.24. The first-order valence-electron chi connectivity index (χ1n) is 8.17. The van der Waals surface area contributed by atoms with Crippen LogP contribution in [0, 0.1) is 5.92 Å². The van der Waals surface area contributed by atoms with E-state index in [2.05, 4.69) is 22.4 Å². The van der Waals surface area contributed by atoms with Gasteiger partial charge in [0.25, 0.3) is 0 Å². The van der Waals surface area contributed by atoms with Crippen molar-refractivity contribution in [2.24, 2.45) is 5.92 Å². The summed E-state index contributed by atoms with van der Waals surface area (Å²) in [5, 5.41) is 2.94. The number of hydrogen-bond acceptors (Lipinski definition) is 3. The maximum atomic E-state index is 12.2. The predicted octanol–water partition coefficient (Wildman–Crippen LogP) is 1.42. The molecular formula is C18H22N4O2. The monoisotopic (exact) mass is 326 g/mol. The summed E-state index contributed by atoms with van der Waals surface area (Å²) in [6.07, 6.45) is 6.52. The van der Waals surface area contributed by atoms with Gasteiger partial charge < -0.3 is 14.8 Å². The van der Waals surface area contributed by atoms with Crippen LogP contribution in [0.25, 0.3) is 0 Å². The maximum absolute atomic E-state index is 12.2. The summed E-state index contributed by atoms with van der Waals surface area (Å²) in [6, 6.07) is 8.15. The summed E-state index contributed by atoms with van der Waals surface area (Å²) < 4.78 is 2.01. The van der Waals surface area contributed by atoms with Crippen LogP contribution in [0.5, 0.6) is 0 Å². The zero-order valence-electron chi connectivity index (χ0n) is 13.8. The first-order chi connectivity index (χ1) is 11.6. The van der Waals surface area contributed by atoms with Crippen LogP contribution in [0.3, 0.4) is 0 Å². The summed E-state index contributed by atoms with van der Waals surface area (Å²) in [7, 11) is 1.78. The van der Waals surface area contributed by atoms with Crippen molar-refractivity contribution in [3.8, 4) is 0 Å². The first kappa shape index (κ1) is 16.2. The van der Waals surface area contributed by atoms with Gasteiger partial charge in [-0.1, -0.05) is 24.3 Å².